The Labute approximate surface area is 130 Å². The number of anilines is 2. The summed E-state index contributed by atoms with van der Waals surface area (Å²) in [7, 11) is 0. The molecule has 0 saturated heterocycles. The van der Waals surface area contributed by atoms with Gasteiger partial charge in [0.15, 0.2) is 0 Å². The molecular weight excluding hydrogens is 278 g/mol. The average molecular weight is 301 g/mol. The van der Waals surface area contributed by atoms with E-state index in [0.717, 1.165) is 22.9 Å². The molecule has 22 heavy (non-hydrogen) atoms. The first-order valence-electron chi connectivity index (χ1n) is 7.48. The summed E-state index contributed by atoms with van der Waals surface area (Å²) < 4.78 is 1.82. The van der Waals surface area contributed by atoms with Crippen molar-refractivity contribution in [1.29, 1.82) is 0 Å². The largest absolute Gasteiger partial charge is 0.370 e. The Hall–Kier alpha value is -2.37. The van der Waals surface area contributed by atoms with Crippen LogP contribution < -0.4 is 10.6 Å². The Morgan fingerprint density at radius 2 is 2.09 bits per heavy atom. The number of rotatable bonds is 6. The van der Waals surface area contributed by atoms with E-state index < -0.39 is 0 Å². The van der Waals surface area contributed by atoms with Gasteiger partial charge in [-0.15, -0.1) is 0 Å². The third kappa shape index (κ3) is 4.31. The maximum absolute atomic E-state index is 12.0. The van der Waals surface area contributed by atoms with Gasteiger partial charge in [-0.1, -0.05) is 6.07 Å². The highest BCUT2D eigenvalue weighted by molar-refractivity contribution is 5.90. The summed E-state index contributed by atoms with van der Waals surface area (Å²) in [6.07, 6.45) is 2.17. The molecule has 1 amide bonds. The van der Waals surface area contributed by atoms with E-state index in [-0.39, 0.29) is 11.9 Å². The van der Waals surface area contributed by atoms with Gasteiger partial charge < -0.3 is 10.6 Å². The molecule has 0 aliphatic rings. The number of carbonyl (C=O) groups excluding carboxylic acids is 1. The normalized spacial score (nSPS) is 10.8. The van der Waals surface area contributed by atoms with Gasteiger partial charge in [-0.2, -0.15) is 5.10 Å². The topological polar surface area (TPSA) is 71.8 Å². The van der Waals surface area contributed by atoms with Crippen molar-refractivity contribution in [3.63, 3.8) is 0 Å². The Bertz CT molecular complexity index is 630. The second-order valence-electron chi connectivity index (χ2n) is 5.66. The van der Waals surface area contributed by atoms with E-state index in [9.17, 15) is 4.79 Å². The van der Waals surface area contributed by atoms with Crippen LogP contribution in [0.15, 0.2) is 24.4 Å². The fourth-order valence-electron chi connectivity index (χ4n) is 2.09. The lowest BCUT2D eigenvalue weighted by atomic mass is 10.3. The first kappa shape index (κ1) is 16.0. The lowest BCUT2D eigenvalue weighted by Gasteiger charge is -2.12. The van der Waals surface area contributed by atoms with Crippen molar-refractivity contribution in [2.24, 2.45) is 0 Å². The Balaban J connectivity index is 1.84. The van der Waals surface area contributed by atoms with Crippen LogP contribution in [0.3, 0.4) is 0 Å². The maximum atomic E-state index is 12.0. The highest BCUT2D eigenvalue weighted by Crippen LogP contribution is 2.16. The van der Waals surface area contributed by atoms with Gasteiger partial charge >= 0.3 is 0 Å². The molecule has 2 N–H and O–H groups in total. The van der Waals surface area contributed by atoms with Gasteiger partial charge in [0.25, 0.3) is 0 Å². The highest BCUT2D eigenvalue weighted by Gasteiger charge is 2.11. The smallest absolute Gasteiger partial charge is 0.227 e. The van der Waals surface area contributed by atoms with E-state index in [2.05, 4.69) is 20.7 Å². The zero-order chi connectivity index (χ0) is 16.1. The summed E-state index contributed by atoms with van der Waals surface area (Å²) in [6, 6.07) is 5.98. The van der Waals surface area contributed by atoms with Crippen LogP contribution in [0, 0.1) is 13.8 Å². The van der Waals surface area contributed by atoms with Crippen molar-refractivity contribution in [1.82, 2.24) is 14.8 Å². The van der Waals surface area contributed by atoms with Crippen LogP contribution in [0.5, 0.6) is 0 Å². The minimum Gasteiger partial charge on any atom is -0.370 e. The van der Waals surface area contributed by atoms with E-state index >= 15 is 0 Å². The van der Waals surface area contributed by atoms with Gasteiger partial charge in [0.1, 0.15) is 11.6 Å². The monoisotopic (exact) mass is 301 g/mol. The lowest BCUT2D eigenvalue weighted by molar-refractivity contribution is -0.116. The van der Waals surface area contributed by atoms with Gasteiger partial charge in [-0.3, -0.25) is 4.79 Å². The van der Waals surface area contributed by atoms with Crippen LogP contribution in [-0.4, -0.2) is 27.2 Å². The number of pyridine rings is 1. The minimum absolute atomic E-state index is 0.0404. The zero-order valence-electron chi connectivity index (χ0n) is 13.6. The molecule has 2 heterocycles. The van der Waals surface area contributed by atoms with E-state index in [1.807, 2.05) is 50.6 Å². The first-order valence-corrected chi connectivity index (χ1v) is 7.48. The number of hydrogen-bond acceptors (Lipinski definition) is 4. The number of aromatic nitrogens is 3. The van der Waals surface area contributed by atoms with Crippen LogP contribution in [0.2, 0.25) is 0 Å². The number of nitrogens with one attached hydrogen (secondary N) is 2. The molecule has 0 radical (unpaired) electrons. The van der Waals surface area contributed by atoms with Gasteiger partial charge in [0.2, 0.25) is 5.91 Å². The predicted octanol–water partition coefficient (Wildman–Crippen LogP) is 2.92. The van der Waals surface area contributed by atoms with Gasteiger partial charge in [-0.05, 0) is 39.3 Å². The fourth-order valence-corrected chi connectivity index (χ4v) is 2.09. The van der Waals surface area contributed by atoms with E-state index in [0.29, 0.717) is 13.0 Å². The van der Waals surface area contributed by atoms with Crippen molar-refractivity contribution >= 4 is 17.5 Å². The Morgan fingerprint density at radius 1 is 1.32 bits per heavy atom. The van der Waals surface area contributed by atoms with Crippen LogP contribution >= 0.6 is 0 Å². The fraction of sp³-hybridized carbons (Fsp3) is 0.438. The standard InChI is InChI=1S/C16H23N5O/c1-11(2)21-15(9-13(4)20-21)19-16(22)7-8-17-14-6-5-12(3)10-18-14/h5-6,9-11H,7-8H2,1-4H3,(H,17,18)(H,19,22). The molecule has 0 spiro atoms. The Kier molecular flexibility index (Phi) is 5.14. The summed E-state index contributed by atoms with van der Waals surface area (Å²) in [6.45, 7) is 8.51. The molecule has 6 heteroatoms. The summed E-state index contributed by atoms with van der Waals surface area (Å²) in [5.41, 5.74) is 2.01. The second-order valence-corrected chi connectivity index (χ2v) is 5.66. The van der Waals surface area contributed by atoms with E-state index in [4.69, 9.17) is 0 Å². The highest BCUT2D eigenvalue weighted by atomic mass is 16.1. The SMILES string of the molecule is Cc1ccc(NCCC(=O)Nc2cc(C)nn2C(C)C)nc1. The summed E-state index contributed by atoms with van der Waals surface area (Å²) in [4.78, 5) is 16.3. The Morgan fingerprint density at radius 3 is 2.73 bits per heavy atom. The van der Waals surface area contributed by atoms with Gasteiger partial charge in [-0.25, -0.2) is 9.67 Å². The van der Waals surface area contributed by atoms with E-state index in [1.165, 1.54) is 0 Å². The van der Waals surface area contributed by atoms with Gasteiger partial charge in [0.05, 0.1) is 5.69 Å². The molecule has 6 nitrogen and oxygen atoms in total. The molecule has 0 aromatic carbocycles. The molecule has 0 aliphatic heterocycles. The van der Waals surface area contributed by atoms with Crippen molar-refractivity contribution in [3.05, 3.63) is 35.7 Å². The predicted molar refractivity (Wildman–Crippen MR) is 88.1 cm³/mol. The zero-order valence-corrected chi connectivity index (χ0v) is 13.6. The number of aryl methyl sites for hydroxylation is 2. The number of hydrogen-bond donors (Lipinski definition) is 2. The molecular formula is C16H23N5O. The van der Waals surface area contributed by atoms with Crippen molar-refractivity contribution < 1.29 is 4.79 Å². The quantitative estimate of drug-likeness (QED) is 0.860. The van der Waals surface area contributed by atoms with Crippen LogP contribution in [0.4, 0.5) is 11.6 Å². The van der Waals surface area contributed by atoms with Crippen LogP contribution in [0.25, 0.3) is 0 Å². The summed E-state index contributed by atoms with van der Waals surface area (Å²) in [5.74, 6) is 1.48. The lowest BCUT2D eigenvalue weighted by Crippen LogP contribution is -2.19. The summed E-state index contributed by atoms with van der Waals surface area (Å²) in [5, 5.41) is 10.4. The molecule has 0 atom stereocenters. The second kappa shape index (κ2) is 7.06. The molecule has 0 saturated carbocycles. The van der Waals surface area contributed by atoms with Crippen molar-refractivity contribution in [2.45, 2.75) is 40.2 Å². The van der Waals surface area contributed by atoms with Crippen LogP contribution in [-0.2, 0) is 4.79 Å². The molecule has 118 valence electrons. The summed E-state index contributed by atoms with van der Waals surface area (Å²) >= 11 is 0. The number of carbonyl (C=O) groups is 1. The van der Waals surface area contributed by atoms with E-state index in [1.54, 1.807) is 6.20 Å². The number of amides is 1. The first-order chi connectivity index (χ1) is 10.5. The van der Waals surface area contributed by atoms with Gasteiger partial charge in [0, 0.05) is 31.3 Å². The minimum atomic E-state index is -0.0404. The number of nitrogens with zero attached hydrogens (tertiary/aromatic N) is 3. The third-order valence-corrected chi connectivity index (χ3v) is 3.18. The molecule has 0 aliphatic carbocycles. The average Bonchev–Trinajstić information content (AvgIpc) is 2.82. The molecule has 2 rings (SSSR count). The molecule has 0 unspecified atom stereocenters. The molecule has 2 aromatic heterocycles. The molecule has 0 bridgehead atoms. The van der Waals surface area contributed by atoms with Crippen molar-refractivity contribution in [2.75, 3.05) is 17.2 Å². The maximum Gasteiger partial charge on any atom is 0.227 e. The molecule has 0 fully saturated rings. The third-order valence-electron chi connectivity index (χ3n) is 3.18. The van der Waals surface area contributed by atoms with Crippen LogP contribution in [0.1, 0.15) is 37.6 Å². The molecule has 2 aromatic rings. The van der Waals surface area contributed by atoms with Crippen molar-refractivity contribution in [3.8, 4) is 0 Å².